The van der Waals surface area contributed by atoms with Gasteiger partial charge in [-0.3, -0.25) is 0 Å². The Morgan fingerprint density at radius 2 is 1.88 bits per heavy atom. The average Bonchev–Trinajstić information content (AvgIpc) is 2.73. The molecule has 0 atom stereocenters. The van der Waals surface area contributed by atoms with Crippen molar-refractivity contribution in [3.8, 4) is 0 Å². The number of benzene rings is 2. The summed E-state index contributed by atoms with van der Waals surface area (Å²) in [5.74, 6) is -0.149. The van der Waals surface area contributed by atoms with Gasteiger partial charge in [0.1, 0.15) is 5.82 Å². The molecule has 0 unspecified atom stereocenters. The van der Waals surface area contributed by atoms with Gasteiger partial charge >= 0.3 is 0 Å². The van der Waals surface area contributed by atoms with Crippen LogP contribution in [-0.2, 0) is 13.0 Å². The van der Waals surface area contributed by atoms with Crippen molar-refractivity contribution in [3.05, 3.63) is 65.5 Å². The van der Waals surface area contributed by atoms with Gasteiger partial charge in [0, 0.05) is 18.8 Å². The molecule has 2 aromatic carbocycles. The maximum absolute atomic E-state index is 13.2. The first kappa shape index (κ1) is 10.3. The molecule has 2 aromatic rings. The van der Waals surface area contributed by atoms with Crippen LogP contribution in [0, 0.1) is 5.82 Å². The van der Waals surface area contributed by atoms with Crippen molar-refractivity contribution < 1.29 is 4.39 Å². The van der Waals surface area contributed by atoms with E-state index in [1.54, 1.807) is 12.1 Å². The summed E-state index contributed by atoms with van der Waals surface area (Å²) in [6, 6.07) is 15.4. The van der Waals surface area contributed by atoms with Crippen molar-refractivity contribution in [2.75, 3.05) is 11.4 Å². The van der Waals surface area contributed by atoms with Crippen LogP contribution in [0.15, 0.2) is 48.5 Å². The molecular weight excluding hydrogens is 213 g/mol. The fraction of sp³-hybridized carbons (Fsp3) is 0.200. The molecule has 86 valence electrons. The van der Waals surface area contributed by atoms with Gasteiger partial charge in [0.15, 0.2) is 0 Å². The minimum absolute atomic E-state index is 0.149. The Bertz CT molecular complexity index is 522. The topological polar surface area (TPSA) is 3.24 Å². The van der Waals surface area contributed by atoms with Gasteiger partial charge in [-0.25, -0.2) is 4.39 Å². The quantitative estimate of drug-likeness (QED) is 0.760. The summed E-state index contributed by atoms with van der Waals surface area (Å²) in [4.78, 5) is 2.24. The van der Waals surface area contributed by atoms with Crippen molar-refractivity contribution in [1.82, 2.24) is 0 Å². The van der Waals surface area contributed by atoms with Gasteiger partial charge in [-0.1, -0.05) is 36.4 Å². The van der Waals surface area contributed by atoms with Crippen LogP contribution in [0.3, 0.4) is 0 Å². The molecule has 0 N–H and O–H groups in total. The molecular formula is C15H14FN. The molecule has 0 aromatic heterocycles. The standard InChI is InChI=1S/C15H14FN/c16-14-7-6-13-8-9-17(15(13)10-14)11-12-4-2-1-3-5-12/h1-7,10H,8-9,11H2. The zero-order valence-corrected chi connectivity index (χ0v) is 9.57. The predicted molar refractivity (Wildman–Crippen MR) is 67.6 cm³/mol. The third-order valence-electron chi connectivity index (χ3n) is 3.26. The largest absolute Gasteiger partial charge is 0.367 e. The number of nitrogens with zero attached hydrogens (tertiary/aromatic N) is 1. The van der Waals surface area contributed by atoms with E-state index in [2.05, 4.69) is 17.0 Å². The lowest BCUT2D eigenvalue weighted by molar-refractivity contribution is 0.627. The average molecular weight is 227 g/mol. The first-order chi connectivity index (χ1) is 8.33. The first-order valence-electron chi connectivity index (χ1n) is 5.90. The Labute approximate surface area is 101 Å². The highest BCUT2D eigenvalue weighted by atomic mass is 19.1. The smallest absolute Gasteiger partial charge is 0.125 e. The van der Waals surface area contributed by atoms with Gasteiger partial charge in [0.05, 0.1) is 0 Å². The van der Waals surface area contributed by atoms with Crippen LogP contribution in [0.1, 0.15) is 11.1 Å². The summed E-state index contributed by atoms with van der Waals surface area (Å²) in [6.07, 6.45) is 1.02. The van der Waals surface area contributed by atoms with Crippen molar-refractivity contribution in [3.63, 3.8) is 0 Å². The molecule has 0 saturated heterocycles. The third kappa shape index (κ3) is 2.03. The highest BCUT2D eigenvalue weighted by molar-refractivity contribution is 5.58. The second-order valence-electron chi connectivity index (χ2n) is 4.43. The Morgan fingerprint density at radius 1 is 1.06 bits per heavy atom. The van der Waals surface area contributed by atoms with Gasteiger partial charge in [-0.15, -0.1) is 0 Å². The number of halogens is 1. The first-order valence-corrected chi connectivity index (χ1v) is 5.90. The molecule has 0 saturated carbocycles. The lowest BCUT2D eigenvalue weighted by Crippen LogP contribution is -2.19. The molecule has 1 aliphatic rings. The molecule has 0 fully saturated rings. The summed E-state index contributed by atoms with van der Waals surface area (Å²) >= 11 is 0. The molecule has 1 nitrogen and oxygen atoms in total. The monoisotopic (exact) mass is 227 g/mol. The number of hydrogen-bond acceptors (Lipinski definition) is 1. The molecule has 0 radical (unpaired) electrons. The second-order valence-corrected chi connectivity index (χ2v) is 4.43. The molecule has 0 spiro atoms. The Balaban J connectivity index is 1.86. The van der Waals surface area contributed by atoms with Crippen molar-refractivity contribution in [2.24, 2.45) is 0 Å². The van der Waals surface area contributed by atoms with E-state index >= 15 is 0 Å². The molecule has 0 amide bonds. The number of fused-ring (bicyclic) bond motifs is 1. The SMILES string of the molecule is Fc1ccc2c(c1)N(Cc1ccccc1)CC2. The van der Waals surface area contributed by atoms with Gasteiger partial charge < -0.3 is 4.90 Å². The van der Waals surface area contributed by atoms with Crippen LogP contribution >= 0.6 is 0 Å². The second kappa shape index (κ2) is 4.21. The zero-order valence-electron chi connectivity index (χ0n) is 9.57. The van der Waals surface area contributed by atoms with Crippen LogP contribution in [0.25, 0.3) is 0 Å². The molecule has 1 heterocycles. The van der Waals surface area contributed by atoms with E-state index < -0.39 is 0 Å². The zero-order chi connectivity index (χ0) is 11.7. The van der Waals surface area contributed by atoms with Gasteiger partial charge in [-0.2, -0.15) is 0 Å². The van der Waals surface area contributed by atoms with E-state index in [0.717, 1.165) is 25.2 Å². The van der Waals surface area contributed by atoms with Crippen LogP contribution in [-0.4, -0.2) is 6.54 Å². The van der Waals surface area contributed by atoms with Crippen LogP contribution in [0.5, 0.6) is 0 Å². The minimum Gasteiger partial charge on any atom is -0.367 e. The van der Waals surface area contributed by atoms with E-state index in [0.29, 0.717) is 0 Å². The van der Waals surface area contributed by atoms with Crippen LogP contribution in [0.4, 0.5) is 10.1 Å². The van der Waals surface area contributed by atoms with E-state index in [1.807, 2.05) is 24.3 Å². The lowest BCUT2D eigenvalue weighted by atomic mass is 10.1. The van der Waals surface area contributed by atoms with Gasteiger partial charge in [0.25, 0.3) is 0 Å². The number of rotatable bonds is 2. The highest BCUT2D eigenvalue weighted by Gasteiger charge is 2.19. The molecule has 17 heavy (non-hydrogen) atoms. The summed E-state index contributed by atoms with van der Waals surface area (Å²) in [5.41, 5.74) is 3.57. The summed E-state index contributed by atoms with van der Waals surface area (Å²) in [6.45, 7) is 1.84. The maximum Gasteiger partial charge on any atom is 0.125 e. The molecule has 0 aliphatic carbocycles. The van der Waals surface area contributed by atoms with Gasteiger partial charge in [-0.05, 0) is 29.7 Å². The van der Waals surface area contributed by atoms with Gasteiger partial charge in [0.2, 0.25) is 0 Å². The Kier molecular flexibility index (Phi) is 2.56. The Morgan fingerprint density at radius 3 is 2.71 bits per heavy atom. The van der Waals surface area contributed by atoms with Crippen LogP contribution < -0.4 is 4.90 Å². The van der Waals surface area contributed by atoms with E-state index in [9.17, 15) is 4.39 Å². The minimum atomic E-state index is -0.149. The van der Waals surface area contributed by atoms with E-state index in [4.69, 9.17) is 0 Å². The van der Waals surface area contributed by atoms with Crippen molar-refractivity contribution in [1.29, 1.82) is 0 Å². The van der Waals surface area contributed by atoms with Crippen LogP contribution in [0.2, 0.25) is 0 Å². The Hall–Kier alpha value is -1.83. The predicted octanol–water partition coefficient (Wildman–Crippen LogP) is 3.39. The van der Waals surface area contributed by atoms with E-state index in [1.165, 1.54) is 11.1 Å². The third-order valence-corrected chi connectivity index (χ3v) is 3.26. The van der Waals surface area contributed by atoms with Crippen molar-refractivity contribution >= 4 is 5.69 Å². The highest BCUT2D eigenvalue weighted by Crippen LogP contribution is 2.29. The molecule has 3 rings (SSSR count). The summed E-state index contributed by atoms with van der Waals surface area (Å²) < 4.78 is 13.2. The molecule has 0 bridgehead atoms. The number of hydrogen-bond donors (Lipinski definition) is 0. The maximum atomic E-state index is 13.2. The number of anilines is 1. The molecule has 2 heteroatoms. The fourth-order valence-corrected chi connectivity index (χ4v) is 2.39. The van der Waals surface area contributed by atoms with E-state index in [-0.39, 0.29) is 5.82 Å². The van der Waals surface area contributed by atoms with Crippen molar-refractivity contribution in [2.45, 2.75) is 13.0 Å². The summed E-state index contributed by atoms with van der Waals surface area (Å²) in [5, 5.41) is 0. The molecule has 1 aliphatic heterocycles. The lowest BCUT2D eigenvalue weighted by Gasteiger charge is -2.19. The normalized spacial score (nSPS) is 13.8. The fourth-order valence-electron chi connectivity index (χ4n) is 2.39. The summed E-state index contributed by atoms with van der Waals surface area (Å²) in [7, 11) is 0.